The van der Waals surface area contributed by atoms with E-state index in [9.17, 15) is 19.5 Å². The number of carbonyl (C=O) groups excluding carboxylic acids is 3. The topological polar surface area (TPSA) is 105 Å². The number of allylic oxidation sites excluding steroid dienone is 1. The largest absolute Gasteiger partial charge is 0.459 e. The molecule has 0 aliphatic carbocycles. The zero-order chi connectivity index (χ0) is 28.1. The van der Waals surface area contributed by atoms with Crippen LogP contribution < -0.4 is 10.6 Å². The molecule has 216 valence electrons. The minimum absolute atomic E-state index is 0.0343. The lowest BCUT2D eigenvalue weighted by Gasteiger charge is -2.29. The van der Waals surface area contributed by atoms with Crippen molar-refractivity contribution >= 4 is 41.0 Å². The van der Waals surface area contributed by atoms with Gasteiger partial charge >= 0.3 is 5.97 Å². The van der Waals surface area contributed by atoms with Crippen LogP contribution in [0.4, 0.5) is 0 Å². The number of halogens is 2. The van der Waals surface area contributed by atoms with Gasteiger partial charge in [-0.3, -0.25) is 14.4 Å². The first-order valence-corrected chi connectivity index (χ1v) is 14.9. The fourth-order valence-corrected chi connectivity index (χ4v) is 4.47. The predicted octanol–water partition coefficient (Wildman–Crippen LogP) is 5.78. The summed E-state index contributed by atoms with van der Waals surface area (Å²) in [6, 6.07) is -0.0699. The zero-order valence-corrected chi connectivity index (χ0v) is 24.8. The predicted molar refractivity (Wildman–Crippen MR) is 152 cm³/mol. The number of nitrogens with one attached hydrogen (secondary N) is 2. The molecule has 0 fully saturated rings. The molecule has 0 aliphatic heterocycles. The SMILES string of the molecule is CCCCCC(OC(=O)CCl)C(O)C/C=C\CCCCCCCC(=O)NC(C)(C)CC(C)NC(=O)CCl. The van der Waals surface area contributed by atoms with Gasteiger partial charge in [-0.15, -0.1) is 23.2 Å². The molecule has 7 nitrogen and oxygen atoms in total. The smallest absolute Gasteiger partial charge is 0.321 e. The second-order valence-corrected chi connectivity index (χ2v) is 11.0. The summed E-state index contributed by atoms with van der Waals surface area (Å²) < 4.78 is 5.32. The highest BCUT2D eigenvalue weighted by Crippen LogP contribution is 2.16. The molecule has 3 unspecified atom stereocenters. The van der Waals surface area contributed by atoms with Crippen molar-refractivity contribution in [2.45, 2.75) is 135 Å². The summed E-state index contributed by atoms with van der Waals surface area (Å²) >= 11 is 11.1. The monoisotopic (exact) mass is 564 g/mol. The Morgan fingerprint density at radius 2 is 1.62 bits per heavy atom. The van der Waals surface area contributed by atoms with E-state index in [0.717, 1.165) is 57.8 Å². The Hall–Kier alpha value is -1.31. The van der Waals surface area contributed by atoms with Crippen LogP contribution >= 0.6 is 23.2 Å². The van der Waals surface area contributed by atoms with Gasteiger partial charge in [0.05, 0.1) is 6.10 Å². The van der Waals surface area contributed by atoms with Crippen LogP contribution in [-0.2, 0) is 19.1 Å². The summed E-state index contributed by atoms with van der Waals surface area (Å²) in [6.45, 7) is 7.93. The lowest BCUT2D eigenvalue weighted by atomic mass is 9.95. The fourth-order valence-electron chi connectivity index (χ4n) is 4.33. The van der Waals surface area contributed by atoms with Crippen molar-refractivity contribution in [1.29, 1.82) is 0 Å². The van der Waals surface area contributed by atoms with Gasteiger partial charge in [-0.25, -0.2) is 0 Å². The molecule has 0 rings (SSSR count). The summed E-state index contributed by atoms with van der Waals surface area (Å²) in [4.78, 5) is 35.2. The lowest BCUT2D eigenvalue weighted by molar-refractivity contribution is -0.152. The van der Waals surface area contributed by atoms with E-state index >= 15 is 0 Å². The van der Waals surface area contributed by atoms with Crippen LogP contribution in [0.2, 0.25) is 0 Å². The number of carbonyl (C=O) groups is 3. The van der Waals surface area contributed by atoms with Gasteiger partial charge in [0.2, 0.25) is 11.8 Å². The summed E-state index contributed by atoms with van der Waals surface area (Å²) in [5.74, 6) is -0.932. The van der Waals surface area contributed by atoms with Crippen molar-refractivity contribution in [3.8, 4) is 0 Å². The number of hydrogen-bond acceptors (Lipinski definition) is 5. The molecule has 0 saturated heterocycles. The molecule has 9 heteroatoms. The maximum atomic E-state index is 12.3. The molecule has 3 N–H and O–H groups in total. The van der Waals surface area contributed by atoms with E-state index in [1.165, 1.54) is 0 Å². The Morgan fingerprint density at radius 3 is 2.27 bits per heavy atom. The average molecular weight is 566 g/mol. The molecule has 0 heterocycles. The first-order chi connectivity index (χ1) is 17.5. The van der Waals surface area contributed by atoms with E-state index in [4.69, 9.17) is 27.9 Å². The Morgan fingerprint density at radius 1 is 0.946 bits per heavy atom. The number of hydrogen-bond donors (Lipinski definition) is 3. The highest BCUT2D eigenvalue weighted by Gasteiger charge is 2.24. The van der Waals surface area contributed by atoms with Crippen LogP contribution in [0.25, 0.3) is 0 Å². The quantitative estimate of drug-likeness (QED) is 0.0668. The number of aliphatic hydroxyl groups excluding tert-OH is 1. The molecule has 0 bridgehead atoms. The zero-order valence-electron chi connectivity index (χ0n) is 23.3. The van der Waals surface area contributed by atoms with Gasteiger partial charge in [0, 0.05) is 18.0 Å². The van der Waals surface area contributed by atoms with Crippen LogP contribution in [0.1, 0.15) is 111 Å². The first-order valence-electron chi connectivity index (χ1n) is 13.8. The molecule has 2 amide bonds. The Labute approximate surface area is 234 Å². The van der Waals surface area contributed by atoms with Crippen molar-refractivity contribution in [1.82, 2.24) is 10.6 Å². The van der Waals surface area contributed by atoms with Crippen molar-refractivity contribution in [3.05, 3.63) is 12.2 Å². The molecule has 0 aromatic rings. The van der Waals surface area contributed by atoms with E-state index in [-0.39, 0.29) is 29.6 Å². The standard InChI is InChI=1S/C28H50Cl2N2O5/c1-5-6-13-17-24(37-27(36)21-30)23(33)16-14-11-9-7-8-10-12-15-18-25(34)32-28(3,4)19-22(2)31-26(35)20-29/h11,14,22-24,33H,5-10,12-13,15-21H2,1-4H3,(H,31,35)(H,32,34)/b14-11-. The maximum Gasteiger partial charge on any atom is 0.321 e. The van der Waals surface area contributed by atoms with Crippen molar-refractivity contribution < 1.29 is 24.2 Å². The van der Waals surface area contributed by atoms with E-state index in [1.807, 2.05) is 26.8 Å². The molecule has 0 aromatic heterocycles. The summed E-state index contributed by atoms with van der Waals surface area (Å²) in [6.07, 6.45) is 14.0. The molecular formula is C28H50Cl2N2O5. The number of aliphatic hydroxyl groups is 1. The van der Waals surface area contributed by atoms with E-state index in [1.54, 1.807) is 0 Å². The fraction of sp³-hybridized carbons (Fsp3) is 0.821. The van der Waals surface area contributed by atoms with E-state index < -0.39 is 23.7 Å². The van der Waals surface area contributed by atoms with E-state index in [0.29, 0.717) is 25.7 Å². The molecule has 3 atom stereocenters. The number of esters is 1. The van der Waals surface area contributed by atoms with Crippen molar-refractivity contribution in [2.75, 3.05) is 11.8 Å². The molecule has 0 radical (unpaired) electrons. The van der Waals surface area contributed by atoms with Gasteiger partial charge in [-0.2, -0.15) is 0 Å². The second kappa shape index (κ2) is 21.6. The molecule has 0 aliphatic rings. The number of ether oxygens (including phenoxy) is 1. The Kier molecular flexibility index (Phi) is 20.8. The van der Waals surface area contributed by atoms with Crippen LogP contribution in [0.3, 0.4) is 0 Å². The molecule has 0 spiro atoms. The van der Waals surface area contributed by atoms with Crippen molar-refractivity contribution in [2.24, 2.45) is 0 Å². The number of unbranched alkanes of at least 4 members (excludes halogenated alkanes) is 7. The third kappa shape index (κ3) is 20.3. The van der Waals surface area contributed by atoms with Crippen LogP contribution in [0, 0.1) is 0 Å². The van der Waals surface area contributed by atoms with Crippen LogP contribution in [-0.4, -0.2) is 58.4 Å². The minimum atomic E-state index is -0.719. The maximum absolute atomic E-state index is 12.3. The lowest BCUT2D eigenvalue weighted by Crippen LogP contribution is -2.48. The third-order valence-corrected chi connectivity index (χ3v) is 6.52. The molecule has 0 aromatic carbocycles. The first kappa shape index (κ1) is 35.7. The third-order valence-electron chi connectivity index (χ3n) is 6.06. The van der Waals surface area contributed by atoms with E-state index in [2.05, 4.69) is 23.6 Å². The van der Waals surface area contributed by atoms with Gasteiger partial charge in [0.25, 0.3) is 0 Å². The highest BCUT2D eigenvalue weighted by atomic mass is 35.5. The Balaban J connectivity index is 4.02. The normalized spacial score (nSPS) is 14.2. The van der Waals surface area contributed by atoms with Gasteiger partial charge in [-0.1, -0.05) is 51.2 Å². The van der Waals surface area contributed by atoms with Gasteiger partial charge in [-0.05, 0) is 65.7 Å². The molecule has 0 saturated carbocycles. The summed E-state index contributed by atoms with van der Waals surface area (Å²) in [7, 11) is 0. The van der Waals surface area contributed by atoms with Gasteiger partial charge in [0.15, 0.2) is 0 Å². The highest BCUT2D eigenvalue weighted by molar-refractivity contribution is 6.27. The average Bonchev–Trinajstić information content (AvgIpc) is 2.83. The summed E-state index contributed by atoms with van der Waals surface area (Å²) in [5.41, 5.74) is -0.405. The van der Waals surface area contributed by atoms with Crippen LogP contribution in [0.5, 0.6) is 0 Å². The van der Waals surface area contributed by atoms with Crippen LogP contribution in [0.15, 0.2) is 12.2 Å². The Bertz CT molecular complexity index is 673. The van der Waals surface area contributed by atoms with Crippen molar-refractivity contribution in [3.63, 3.8) is 0 Å². The van der Waals surface area contributed by atoms with Gasteiger partial charge in [0.1, 0.15) is 17.9 Å². The summed E-state index contributed by atoms with van der Waals surface area (Å²) in [5, 5.41) is 16.3. The molecular weight excluding hydrogens is 515 g/mol. The number of alkyl halides is 2. The number of rotatable bonds is 22. The van der Waals surface area contributed by atoms with Gasteiger partial charge < -0.3 is 20.5 Å². The minimum Gasteiger partial charge on any atom is -0.459 e. The molecule has 37 heavy (non-hydrogen) atoms. The number of amides is 2. The second-order valence-electron chi connectivity index (χ2n) is 10.5.